The van der Waals surface area contributed by atoms with Gasteiger partial charge in [0.25, 0.3) is 5.91 Å². The Morgan fingerprint density at radius 1 is 1.14 bits per heavy atom. The van der Waals surface area contributed by atoms with Crippen LogP contribution in [0.4, 0.5) is 10.5 Å². The first-order chi connectivity index (χ1) is 10.1. The number of benzene rings is 1. The number of amides is 3. The zero-order valence-corrected chi connectivity index (χ0v) is 14.4. The molecule has 1 rings (SSSR count). The van der Waals surface area contributed by atoms with E-state index in [1.807, 2.05) is 0 Å². The molecule has 0 saturated carbocycles. The number of carbonyl (C=O) groups excluding carboxylic acids is 2. The van der Waals surface area contributed by atoms with Gasteiger partial charge in [0, 0.05) is 24.3 Å². The average molecular weight is 404 g/mol. The maximum absolute atomic E-state index is 12.0. The molecular weight excluding hydrogens is 383 g/mol. The molecule has 21 heavy (non-hydrogen) atoms. The summed E-state index contributed by atoms with van der Waals surface area (Å²) in [5.74, 6) is -0.105. The number of rotatable bonds is 7. The Kier molecular flexibility index (Phi) is 8.06. The topological polar surface area (TPSA) is 73.5 Å². The van der Waals surface area contributed by atoms with E-state index in [0.29, 0.717) is 17.8 Å². The number of nitrogens with one attached hydrogen (secondary N) is 3. The number of anilines is 1. The number of hydrogen-bond acceptors (Lipinski definition) is 3. The molecule has 0 aliphatic carbocycles. The average Bonchev–Trinajstić information content (AvgIpc) is 2.52. The van der Waals surface area contributed by atoms with Crippen molar-refractivity contribution in [2.24, 2.45) is 0 Å². The highest BCUT2D eigenvalue weighted by Gasteiger charge is 2.06. The van der Waals surface area contributed by atoms with Gasteiger partial charge in [-0.05, 0) is 37.4 Å². The molecule has 0 aromatic heterocycles. The minimum Gasteiger partial charge on any atom is -0.351 e. The lowest BCUT2D eigenvalue weighted by Crippen LogP contribution is -2.34. The zero-order valence-electron chi connectivity index (χ0n) is 12.3. The predicted molar refractivity (Wildman–Crippen MR) is 92.7 cm³/mol. The van der Waals surface area contributed by atoms with Gasteiger partial charge in [-0.3, -0.25) is 8.32 Å². The van der Waals surface area contributed by atoms with Gasteiger partial charge in [-0.1, -0.05) is 13.8 Å². The van der Waals surface area contributed by atoms with Crippen LogP contribution in [0.5, 0.6) is 0 Å². The molecule has 0 unspecified atom stereocenters. The van der Waals surface area contributed by atoms with Crippen molar-refractivity contribution in [3.05, 3.63) is 29.8 Å². The van der Waals surface area contributed by atoms with Crippen LogP contribution >= 0.6 is 22.9 Å². The van der Waals surface area contributed by atoms with Crippen LogP contribution in [-0.2, 0) is 0 Å². The second-order valence-electron chi connectivity index (χ2n) is 4.41. The molecule has 6 nitrogen and oxygen atoms in total. The summed E-state index contributed by atoms with van der Waals surface area (Å²) in [4.78, 5) is 25.4. The highest BCUT2D eigenvalue weighted by Crippen LogP contribution is 2.09. The van der Waals surface area contributed by atoms with Crippen LogP contribution in [0.2, 0.25) is 0 Å². The molecule has 0 bridgehead atoms. The van der Waals surface area contributed by atoms with E-state index in [2.05, 4.69) is 32.9 Å². The SMILES string of the molecule is CCN(CC)CCNC(=O)c1ccc(NC(=O)NI)cc1. The Morgan fingerprint density at radius 3 is 2.29 bits per heavy atom. The molecule has 0 radical (unpaired) electrons. The van der Waals surface area contributed by atoms with E-state index >= 15 is 0 Å². The molecule has 0 saturated heterocycles. The van der Waals surface area contributed by atoms with Crippen LogP contribution in [0.15, 0.2) is 24.3 Å². The molecule has 116 valence electrons. The number of halogens is 1. The fourth-order valence-electron chi connectivity index (χ4n) is 1.83. The second-order valence-corrected chi connectivity index (χ2v) is 4.95. The van der Waals surface area contributed by atoms with Crippen molar-refractivity contribution in [2.45, 2.75) is 13.8 Å². The van der Waals surface area contributed by atoms with E-state index in [4.69, 9.17) is 0 Å². The van der Waals surface area contributed by atoms with Crippen LogP contribution in [0.25, 0.3) is 0 Å². The molecule has 0 atom stereocenters. The van der Waals surface area contributed by atoms with Crippen LogP contribution in [-0.4, -0.2) is 43.0 Å². The van der Waals surface area contributed by atoms with E-state index in [1.165, 1.54) is 0 Å². The molecule has 0 spiro atoms. The second kappa shape index (κ2) is 9.56. The lowest BCUT2D eigenvalue weighted by Gasteiger charge is -2.17. The maximum atomic E-state index is 12.0. The number of nitrogens with zero attached hydrogens (tertiary/aromatic N) is 1. The molecule has 0 heterocycles. The smallest absolute Gasteiger partial charge is 0.327 e. The van der Waals surface area contributed by atoms with Gasteiger partial charge in [-0.2, -0.15) is 0 Å². The minimum atomic E-state index is -0.299. The predicted octanol–water partition coefficient (Wildman–Crippen LogP) is 2.23. The van der Waals surface area contributed by atoms with E-state index in [0.717, 1.165) is 19.6 Å². The Hall–Kier alpha value is -1.35. The van der Waals surface area contributed by atoms with Crippen molar-refractivity contribution in [1.82, 2.24) is 13.7 Å². The highest BCUT2D eigenvalue weighted by molar-refractivity contribution is 14.1. The fourth-order valence-corrected chi connectivity index (χ4v) is 1.96. The zero-order chi connectivity index (χ0) is 15.7. The monoisotopic (exact) mass is 404 g/mol. The third-order valence-electron chi connectivity index (χ3n) is 3.10. The van der Waals surface area contributed by atoms with Crippen molar-refractivity contribution < 1.29 is 9.59 Å². The number of urea groups is 1. The summed E-state index contributed by atoms with van der Waals surface area (Å²) in [6.07, 6.45) is 0. The first kappa shape index (κ1) is 17.7. The van der Waals surface area contributed by atoms with Gasteiger partial charge in [0.15, 0.2) is 0 Å². The van der Waals surface area contributed by atoms with Crippen molar-refractivity contribution in [3.63, 3.8) is 0 Å². The normalized spacial score (nSPS) is 10.3. The van der Waals surface area contributed by atoms with E-state index < -0.39 is 0 Å². The number of hydrogen-bond donors (Lipinski definition) is 3. The quantitative estimate of drug-likeness (QED) is 0.482. The summed E-state index contributed by atoms with van der Waals surface area (Å²) < 4.78 is 2.44. The van der Waals surface area contributed by atoms with E-state index in [-0.39, 0.29) is 11.9 Å². The van der Waals surface area contributed by atoms with Gasteiger partial charge >= 0.3 is 6.03 Å². The largest absolute Gasteiger partial charge is 0.351 e. The molecular formula is C14H21IN4O2. The minimum absolute atomic E-state index is 0.105. The van der Waals surface area contributed by atoms with Crippen LogP contribution in [0.3, 0.4) is 0 Å². The lowest BCUT2D eigenvalue weighted by atomic mass is 10.2. The van der Waals surface area contributed by atoms with Gasteiger partial charge in [0.2, 0.25) is 0 Å². The highest BCUT2D eigenvalue weighted by atomic mass is 127. The molecule has 1 aromatic rings. The third kappa shape index (κ3) is 6.30. The molecule has 1 aromatic carbocycles. The van der Waals surface area contributed by atoms with Gasteiger partial charge in [0.05, 0.1) is 22.9 Å². The number of carbonyl (C=O) groups is 2. The van der Waals surface area contributed by atoms with Crippen LogP contribution in [0.1, 0.15) is 24.2 Å². The van der Waals surface area contributed by atoms with Gasteiger partial charge in [0.1, 0.15) is 0 Å². The Labute approximate surface area is 139 Å². The molecule has 0 aliphatic heterocycles. The third-order valence-corrected chi connectivity index (χ3v) is 3.59. The summed E-state index contributed by atoms with van der Waals surface area (Å²) in [7, 11) is 0. The lowest BCUT2D eigenvalue weighted by molar-refractivity contribution is 0.0949. The van der Waals surface area contributed by atoms with Crippen molar-refractivity contribution in [2.75, 3.05) is 31.5 Å². The van der Waals surface area contributed by atoms with Crippen molar-refractivity contribution >= 4 is 40.5 Å². The summed E-state index contributed by atoms with van der Waals surface area (Å²) >= 11 is 1.75. The van der Waals surface area contributed by atoms with Crippen molar-refractivity contribution in [3.8, 4) is 0 Å². The van der Waals surface area contributed by atoms with Gasteiger partial charge < -0.3 is 15.5 Å². The fraction of sp³-hybridized carbons (Fsp3) is 0.429. The van der Waals surface area contributed by atoms with Crippen LogP contribution in [0, 0.1) is 0 Å². The van der Waals surface area contributed by atoms with Crippen molar-refractivity contribution in [1.29, 1.82) is 0 Å². The first-order valence-electron chi connectivity index (χ1n) is 6.89. The molecule has 3 amide bonds. The maximum Gasteiger partial charge on any atom is 0.327 e. The molecule has 0 aliphatic rings. The summed E-state index contributed by atoms with van der Waals surface area (Å²) in [6, 6.07) is 6.48. The Morgan fingerprint density at radius 2 is 1.76 bits per heavy atom. The summed E-state index contributed by atoms with van der Waals surface area (Å²) in [6.45, 7) is 7.62. The standard InChI is InChI=1S/C14H21IN4O2/c1-3-19(4-2)10-9-16-13(20)11-5-7-12(8-6-11)17-14(21)18-15/h5-8H,3-4,9-10H2,1-2H3,(H,16,20)(H2,17,18,21). The van der Waals surface area contributed by atoms with E-state index in [1.54, 1.807) is 47.1 Å². The molecule has 3 N–H and O–H groups in total. The van der Waals surface area contributed by atoms with Gasteiger partial charge in [-0.25, -0.2) is 4.79 Å². The Balaban J connectivity index is 2.46. The molecule has 0 fully saturated rings. The Bertz CT molecular complexity index is 461. The number of likely N-dealkylation sites (N-methyl/N-ethyl adjacent to an activating group) is 1. The molecule has 7 heteroatoms. The summed E-state index contributed by atoms with van der Waals surface area (Å²) in [5.41, 5.74) is 1.22. The first-order valence-corrected chi connectivity index (χ1v) is 7.96. The van der Waals surface area contributed by atoms with E-state index in [9.17, 15) is 9.59 Å². The van der Waals surface area contributed by atoms with Crippen LogP contribution < -0.4 is 14.2 Å². The van der Waals surface area contributed by atoms with Gasteiger partial charge in [-0.15, -0.1) is 0 Å². The summed E-state index contributed by atoms with van der Waals surface area (Å²) in [5, 5.41) is 5.52.